The van der Waals surface area contributed by atoms with Crippen LogP contribution in [0, 0.1) is 6.92 Å². The molecule has 1 aliphatic heterocycles. The first kappa shape index (κ1) is 19.6. The van der Waals surface area contributed by atoms with Crippen LogP contribution in [0.2, 0.25) is 0 Å². The number of aryl methyl sites for hydroxylation is 1. The number of morpholine rings is 1. The van der Waals surface area contributed by atoms with Gasteiger partial charge in [-0.2, -0.15) is 9.97 Å². The Bertz CT molecular complexity index is 984. The van der Waals surface area contributed by atoms with Crippen molar-refractivity contribution in [1.82, 2.24) is 14.9 Å². The van der Waals surface area contributed by atoms with Crippen LogP contribution >= 0.6 is 0 Å². The SMILES string of the molecule is Cc1cccc(-c2ccc3nc(OCCN(C)C)nc(N4CCOCC4)c3c2)c1. The van der Waals surface area contributed by atoms with Gasteiger partial charge in [-0.1, -0.05) is 35.9 Å². The fourth-order valence-electron chi connectivity index (χ4n) is 3.50. The number of nitrogens with zero attached hydrogens (tertiary/aromatic N) is 4. The lowest BCUT2D eigenvalue weighted by molar-refractivity contribution is 0.122. The Hall–Kier alpha value is -2.70. The lowest BCUT2D eigenvalue weighted by Gasteiger charge is -2.29. The van der Waals surface area contributed by atoms with E-state index < -0.39 is 0 Å². The van der Waals surface area contributed by atoms with Gasteiger partial charge in [-0.05, 0) is 44.3 Å². The molecule has 0 aliphatic carbocycles. The summed E-state index contributed by atoms with van der Waals surface area (Å²) >= 11 is 0. The molecule has 0 unspecified atom stereocenters. The zero-order valence-electron chi connectivity index (χ0n) is 17.4. The fraction of sp³-hybridized carbons (Fsp3) is 0.391. The molecule has 0 N–H and O–H groups in total. The maximum absolute atomic E-state index is 5.87. The maximum Gasteiger partial charge on any atom is 0.318 e. The summed E-state index contributed by atoms with van der Waals surface area (Å²) in [5.74, 6) is 0.924. The molecular weight excluding hydrogens is 364 g/mol. The van der Waals surface area contributed by atoms with Crippen molar-refractivity contribution in [2.45, 2.75) is 6.92 Å². The Kier molecular flexibility index (Phi) is 5.92. The quantitative estimate of drug-likeness (QED) is 0.641. The van der Waals surface area contributed by atoms with Crippen LogP contribution in [0.25, 0.3) is 22.0 Å². The van der Waals surface area contributed by atoms with Crippen LogP contribution < -0.4 is 9.64 Å². The van der Waals surface area contributed by atoms with E-state index in [9.17, 15) is 0 Å². The highest BCUT2D eigenvalue weighted by molar-refractivity contribution is 5.93. The van der Waals surface area contributed by atoms with Crippen molar-refractivity contribution in [3.05, 3.63) is 48.0 Å². The number of ether oxygens (including phenoxy) is 2. The highest BCUT2D eigenvalue weighted by Crippen LogP contribution is 2.31. The predicted molar refractivity (Wildman–Crippen MR) is 117 cm³/mol. The van der Waals surface area contributed by atoms with Crippen LogP contribution in [0.5, 0.6) is 6.01 Å². The van der Waals surface area contributed by atoms with Crippen molar-refractivity contribution in [2.24, 2.45) is 0 Å². The van der Waals surface area contributed by atoms with Gasteiger partial charge < -0.3 is 19.3 Å². The molecule has 1 aliphatic rings. The molecule has 6 heteroatoms. The van der Waals surface area contributed by atoms with Gasteiger partial charge in [0, 0.05) is 25.0 Å². The zero-order chi connectivity index (χ0) is 20.2. The van der Waals surface area contributed by atoms with Gasteiger partial charge in [0.15, 0.2) is 0 Å². The average molecular weight is 393 g/mol. The van der Waals surface area contributed by atoms with E-state index in [4.69, 9.17) is 14.5 Å². The number of anilines is 1. The Morgan fingerprint density at radius 2 is 1.83 bits per heavy atom. The Morgan fingerprint density at radius 1 is 1.03 bits per heavy atom. The molecule has 2 heterocycles. The molecule has 3 aromatic rings. The topological polar surface area (TPSA) is 50.7 Å². The molecule has 152 valence electrons. The number of aromatic nitrogens is 2. The third kappa shape index (κ3) is 4.66. The monoisotopic (exact) mass is 392 g/mol. The summed E-state index contributed by atoms with van der Waals surface area (Å²) in [5, 5.41) is 1.05. The third-order valence-electron chi connectivity index (χ3n) is 5.09. The van der Waals surface area contributed by atoms with E-state index in [-0.39, 0.29) is 0 Å². The van der Waals surface area contributed by atoms with Crippen molar-refractivity contribution >= 4 is 16.7 Å². The van der Waals surface area contributed by atoms with E-state index >= 15 is 0 Å². The summed E-state index contributed by atoms with van der Waals surface area (Å²) in [6.45, 7) is 6.54. The molecule has 0 saturated carbocycles. The smallest absolute Gasteiger partial charge is 0.318 e. The van der Waals surface area contributed by atoms with Gasteiger partial charge in [0.05, 0.1) is 18.7 Å². The summed E-state index contributed by atoms with van der Waals surface area (Å²) in [5.41, 5.74) is 4.52. The Balaban J connectivity index is 1.75. The summed E-state index contributed by atoms with van der Waals surface area (Å²) in [4.78, 5) is 13.8. The van der Waals surface area contributed by atoms with Crippen LogP contribution in [0.3, 0.4) is 0 Å². The number of fused-ring (bicyclic) bond motifs is 1. The summed E-state index contributed by atoms with van der Waals surface area (Å²) in [6.07, 6.45) is 0. The number of benzene rings is 2. The van der Waals surface area contributed by atoms with Crippen LogP contribution in [-0.2, 0) is 4.74 Å². The van der Waals surface area contributed by atoms with Crippen molar-refractivity contribution in [2.75, 3.05) is 58.5 Å². The molecule has 1 saturated heterocycles. The van der Waals surface area contributed by atoms with Gasteiger partial charge in [-0.15, -0.1) is 0 Å². The number of likely N-dealkylation sites (N-methyl/N-ethyl adjacent to an activating group) is 1. The van der Waals surface area contributed by atoms with Gasteiger partial charge in [0.2, 0.25) is 0 Å². The Morgan fingerprint density at radius 3 is 2.59 bits per heavy atom. The zero-order valence-corrected chi connectivity index (χ0v) is 17.4. The summed E-state index contributed by atoms with van der Waals surface area (Å²) < 4.78 is 11.4. The third-order valence-corrected chi connectivity index (χ3v) is 5.09. The summed E-state index contributed by atoms with van der Waals surface area (Å²) in [6, 6.07) is 15.4. The first-order chi connectivity index (χ1) is 14.1. The van der Waals surface area contributed by atoms with Crippen molar-refractivity contribution < 1.29 is 9.47 Å². The first-order valence-corrected chi connectivity index (χ1v) is 10.1. The van der Waals surface area contributed by atoms with E-state index in [1.807, 2.05) is 14.1 Å². The van der Waals surface area contributed by atoms with Crippen molar-refractivity contribution in [1.29, 1.82) is 0 Å². The highest BCUT2D eigenvalue weighted by Gasteiger charge is 2.18. The fourth-order valence-corrected chi connectivity index (χ4v) is 3.50. The van der Waals surface area contributed by atoms with Crippen molar-refractivity contribution in [3.8, 4) is 17.1 Å². The van der Waals surface area contributed by atoms with Gasteiger partial charge in [0.1, 0.15) is 12.4 Å². The van der Waals surface area contributed by atoms with E-state index in [0.717, 1.165) is 36.4 Å². The minimum absolute atomic E-state index is 0.434. The normalized spacial score (nSPS) is 14.6. The average Bonchev–Trinajstić information content (AvgIpc) is 2.73. The number of rotatable bonds is 6. The van der Waals surface area contributed by atoms with E-state index in [1.54, 1.807) is 0 Å². The summed E-state index contributed by atoms with van der Waals surface area (Å²) in [7, 11) is 4.05. The second kappa shape index (κ2) is 8.76. The van der Waals surface area contributed by atoms with Crippen LogP contribution in [0.15, 0.2) is 42.5 Å². The van der Waals surface area contributed by atoms with Crippen LogP contribution in [0.4, 0.5) is 5.82 Å². The maximum atomic E-state index is 5.87. The molecule has 0 atom stereocenters. The van der Waals surface area contributed by atoms with Gasteiger partial charge in [0.25, 0.3) is 0 Å². The van der Waals surface area contributed by atoms with Crippen LogP contribution in [-0.4, -0.2) is 68.4 Å². The lowest BCUT2D eigenvalue weighted by atomic mass is 10.0. The second-order valence-electron chi connectivity index (χ2n) is 7.68. The standard InChI is InChI=1S/C23H28N4O2/c1-17-5-4-6-18(15-17)19-7-8-21-20(16-19)22(27-10-12-28-13-11-27)25-23(24-21)29-14-9-26(2)3/h4-8,15-16H,9-14H2,1-3H3. The van der Waals surface area contributed by atoms with E-state index in [0.29, 0.717) is 25.8 Å². The molecule has 0 amide bonds. The van der Waals surface area contributed by atoms with Gasteiger partial charge >= 0.3 is 6.01 Å². The van der Waals surface area contributed by atoms with Crippen LogP contribution in [0.1, 0.15) is 5.56 Å². The minimum Gasteiger partial charge on any atom is -0.462 e. The molecule has 2 aromatic carbocycles. The first-order valence-electron chi connectivity index (χ1n) is 10.1. The number of hydrogen-bond donors (Lipinski definition) is 0. The minimum atomic E-state index is 0.434. The van der Waals surface area contributed by atoms with E-state index in [1.165, 1.54) is 16.7 Å². The second-order valence-corrected chi connectivity index (χ2v) is 7.68. The Labute approximate surface area is 172 Å². The van der Waals surface area contributed by atoms with Gasteiger partial charge in [-0.3, -0.25) is 0 Å². The lowest BCUT2D eigenvalue weighted by Crippen LogP contribution is -2.37. The molecule has 4 rings (SSSR count). The molecule has 29 heavy (non-hydrogen) atoms. The highest BCUT2D eigenvalue weighted by atomic mass is 16.5. The molecule has 0 bridgehead atoms. The van der Waals surface area contributed by atoms with Gasteiger partial charge in [-0.25, -0.2) is 0 Å². The molecule has 0 radical (unpaired) electrons. The predicted octanol–water partition coefficient (Wildman–Crippen LogP) is 3.38. The molecule has 6 nitrogen and oxygen atoms in total. The molecular formula is C23H28N4O2. The molecule has 1 aromatic heterocycles. The number of hydrogen-bond acceptors (Lipinski definition) is 6. The van der Waals surface area contributed by atoms with E-state index in [2.05, 4.69) is 64.2 Å². The molecule has 0 spiro atoms. The molecule has 1 fully saturated rings. The largest absolute Gasteiger partial charge is 0.462 e. The van der Waals surface area contributed by atoms with Crippen molar-refractivity contribution in [3.63, 3.8) is 0 Å².